The molecule has 3 unspecified atom stereocenters. The van der Waals surface area contributed by atoms with Gasteiger partial charge >= 0.3 is 6.03 Å². The van der Waals surface area contributed by atoms with Gasteiger partial charge in [0.2, 0.25) is 0 Å². The predicted molar refractivity (Wildman–Crippen MR) is 93.2 cm³/mol. The van der Waals surface area contributed by atoms with Crippen molar-refractivity contribution in [3.63, 3.8) is 0 Å². The second-order valence-electron chi connectivity index (χ2n) is 6.72. The maximum absolute atomic E-state index is 12.7. The van der Waals surface area contributed by atoms with Gasteiger partial charge in [0.15, 0.2) is 0 Å². The van der Waals surface area contributed by atoms with Crippen LogP contribution in [-0.2, 0) is 0 Å². The number of hydrogen-bond acceptors (Lipinski definition) is 2. The fourth-order valence-electron chi connectivity index (χ4n) is 3.58. The summed E-state index contributed by atoms with van der Waals surface area (Å²) >= 11 is 0. The van der Waals surface area contributed by atoms with Crippen molar-refractivity contribution < 1.29 is 9.90 Å². The van der Waals surface area contributed by atoms with E-state index in [0.717, 1.165) is 18.4 Å². The molecular formula is C19H30N2O2. The van der Waals surface area contributed by atoms with Gasteiger partial charge < -0.3 is 15.3 Å². The predicted octanol–water partition coefficient (Wildman–Crippen LogP) is 3.72. The molecule has 0 aromatic heterocycles. The summed E-state index contributed by atoms with van der Waals surface area (Å²) in [5, 5.41) is 12.3. The molecule has 1 aliphatic carbocycles. The van der Waals surface area contributed by atoms with Crippen molar-refractivity contribution in [3.8, 4) is 0 Å². The number of hydrogen-bond donors (Lipinski definition) is 2. The highest BCUT2D eigenvalue weighted by atomic mass is 16.3. The Hall–Kier alpha value is -1.55. The SMILES string of the molecule is CC1CCCCC1N(C)C(=O)NC(CCCO)c1ccccc1. The van der Waals surface area contributed by atoms with E-state index in [1.54, 1.807) is 0 Å². The maximum Gasteiger partial charge on any atom is 0.317 e. The summed E-state index contributed by atoms with van der Waals surface area (Å²) in [5.41, 5.74) is 1.10. The summed E-state index contributed by atoms with van der Waals surface area (Å²) in [6, 6.07) is 10.3. The topological polar surface area (TPSA) is 52.6 Å². The van der Waals surface area contributed by atoms with E-state index in [2.05, 4.69) is 12.2 Å². The number of benzene rings is 1. The molecule has 0 saturated heterocycles. The Morgan fingerprint density at radius 3 is 2.65 bits per heavy atom. The fourth-order valence-corrected chi connectivity index (χ4v) is 3.58. The van der Waals surface area contributed by atoms with E-state index in [4.69, 9.17) is 5.11 Å². The summed E-state index contributed by atoms with van der Waals surface area (Å²) in [7, 11) is 1.91. The minimum Gasteiger partial charge on any atom is -0.396 e. The molecule has 128 valence electrons. The van der Waals surface area contributed by atoms with Crippen molar-refractivity contribution in [1.82, 2.24) is 10.2 Å². The summed E-state index contributed by atoms with van der Waals surface area (Å²) in [5.74, 6) is 0.562. The number of carbonyl (C=O) groups is 1. The molecule has 4 heteroatoms. The van der Waals surface area contributed by atoms with E-state index < -0.39 is 0 Å². The molecule has 1 aliphatic rings. The Kier molecular flexibility index (Phi) is 6.90. The number of aliphatic hydroxyl groups excluding tert-OH is 1. The summed E-state index contributed by atoms with van der Waals surface area (Å²) in [6.07, 6.45) is 6.21. The molecule has 0 bridgehead atoms. The molecule has 0 aliphatic heterocycles. The van der Waals surface area contributed by atoms with E-state index in [1.807, 2.05) is 42.3 Å². The van der Waals surface area contributed by atoms with Gasteiger partial charge in [-0.05, 0) is 37.2 Å². The zero-order chi connectivity index (χ0) is 16.7. The number of rotatable bonds is 6. The molecule has 1 fully saturated rings. The van der Waals surface area contributed by atoms with Crippen LogP contribution in [0.5, 0.6) is 0 Å². The lowest BCUT2D eigenvalue weighted by Crippen LogP contribution is -2.48. The molecule has 3 atom stereocenters. The highest BCUT2D eigenvalue weighted by Crippen LogP contribution is 2.28. The summed E-state index contributed by atoms with van der Waals surface area (Å²) < 4.78 is 0. The average Bonchev–Trinajstić information content (AvgIpc) is 2.59. The molecule has 4 nitrogen and oxygen atoms in total. The Labute approximate surface area is 139 Å². The minimum atomic E-state index is -0.0443. The van der Waals surface area contributed by atoms with E-state index in [-0.39, 0.29) is 18.7 Å². The average molecular weight is 318 g/mol. The Morgan fingerprint density at radius 2 is 2.00 bits per heavy atom. The second kappa shape index (κ2) is 8.92. The van der Waals surface area contributed by atoms with Crippen molar-refractivity contribution in [3.05, 3.63) is 35.9 Å². The standard InChI is InChI=1S/C19H30N2O2/c1-15-9-6-7-13-18(15)21(2)19(23)20-17(12-8-14-22)16-10-4-3-5-11-16/h3-5,10-11,15,17-18,22H,6-9,12-14H2,1-2H3,(H,20,23). The summed E-state index contributed by atoms with van der Waals surface area (Å²) in [6.45, 7) is 2.39. The Balaban J connectivity index is 2.01. The quantitative estimate of drug-likeness (QED) is 0.840. The van der Waals surface area contributed by atoms with Crippen molar-refractivity contribution in [2.75, 3.05) is 13.7 Å². The van der Waals surface area contributed by atoms with Gasteiger partial charge in [0.05, 0.1) is 6.04 Å². The zero-order valence-corrected chi connectivity index (χ0v) is 14.4. The number of nitrogens with zero attached hydrogens (tertiary/aromatic N) is 1. The first-order chi connectivity index (χ1) is 11.1. The molecule has 0 radical (unpaired) electrons. The van der Waals surface area contributed by atoms with Gasteiger partial charge in [-0.3, -0.25) is 0 Å². The Bertz CT molecular complexity index is 478. The molecule has 2 rings (SSSR count). The van der Waals surface area contributed by atoms with E-state index >= 15 is 0 Å². The summed E-state index contributed by atoms with van der Waals surface area (Å²) in [4.78, 5) is 14.6. The van der Waals surface area contributed by atoms with Crippen molar-refractivity contribution in [2.45, 2.75) is 57.5 Å². The molecule has 1 aromatic rings. The van der Waals surface area contributed by atoms with E-state index in [1.165, 1.54) is 19.3 Å². The third-order valence-corrected chi connectivity index (χ3v) is 5.03. The first-order valence-electron chi connectivity index (χ1n) is 8.82. The lowest BCUT2D eigenvalue weighted by molar-refractivity contribution is 0.141. The monoisotopic (exact) mass is 318 g/mol. The van der Waals surface area contributed by atoms with Crippen LogP contribution in [0.3, 0.4) is 0 Å². The van der Waals surface area contributed by atoms with E-state index in [9.17, 15) is 4.79 Å². The largest absolute Gasteiger partial charge is 0.396 e. The van der Waals surface area contributed by atoms with Gasteiger partial charge in [-0.15, -0.1) is 0 Å². The van der Waals surface area contributed by atoms with Crippen LogP contribution in [0.1, 0.15) is 57.1 Å². The molecule has 0 spiro atoms. The minimum absolute atomic E-state index is 0.00413. The van der Waals surface area contributed by atoms with Crippen molar-refractivity contribution in [2.24, 2.45) is 5.92 Å². The molecule has 23 heavy (non-hydrogen) atoms. The van der Waals surface area contributed by atoms with Crippen LogP contribution in [0.2, 0.25) is 0 Å². The smallest absolute Gasteiger partial charge is 0.317 e. The molecular weight excluding hydrogens is 288 g/mol. The third kappa shape index (κ3) is 4.96. The van der Waals surface area contributed by atoms with Gasteiger partial charge in [0.1, 0.15) is 0 Å². The molecule has 2 N–H and O–H groups in total. The van der Waals surface area contributed by atoms with Gasteiger partial charge in [0.25, 0.3) is 0 Å². The normalized spacial score (nSPS) is 22.4. The number of nitrogens with one attached hydrogen (secondary N) is 1. The lowest BCUT2D eigenvalue weighted by Gasteiger charge is -2.37. The molecule has 1 saturated carbocycles. The first-order valence-corrected chi connectivity index (χ1v) is 8.82. The maximum atomic E-state index is 12.7. The molecule has 1 aromatic carbocycles. The van der Waals surface area contributed by atoms with Crippen LogP contribution in [0.25, 0.3) is 0 Å². The number of urea groups is 1. The number of amides is 2. The first kappa shape index (κ1) is 17.8. The Morgan fingerprint density at radius 1 is 1.30 bits per heavy atom. The van der Waals surface area contributed by atoms with E-state index in [0.29, 0.717) is 18.4 Å². The van der Waals surface area contributed by atoms with Crippen LogP contribution in [0, 0.1) is 5.92 Å². The van der Waals surface area contributed by atoms with Crippen LogP contribution < -0.4 is 5.32 Å². The highest BCUT2D eigenvalue weighted by molar-refractivity contribution is 5.74. The van der Waals surface area contributed by atoms with Gasteiger partial charge in [0, 0.05) is 19.7 Å². The van der Waals surface area contributed by atoms with Gasteiger partial charge in [-0.1, -0.05) is 50.1 Å². The second-order valence-corrected chi connectivity index (χ2v) is 6.72. The van der Waals surface area contributed by atoms with Crippen LogP contribution in [-0.4, -0.2) is 35.7 Å². The van der Waals surface area contributed by atoms with Gasteiger partial charge in [-0.25, -0.2) is 4.79 Å². The van der Waals surface area contributed by atoms with Crippen molar-refractivity contribution >= 4 is 6.03 Å². The molecule has 2 amide bonds. The highest BCUT2D eigenvalue weighted by Gasteiger charge is 2.28. The van der Waals surface area contributed by atoms with Crippen LogP contribution in [0.4, 0.5) is 4.79 Å². The molecule has 0 heterocycles. The van der Waals surface area contributed by atoms with Crippen LogP contribution >= 0.6 is 0 Å². The fraction of sp³-hybridized carbons (Fsp3) is 0.632. The lowest BCUT2D eigenvalue weighted by atomic mass is 9.85. The number of carbonyl (C=O) groups excluding carboxylic acids is 1. The van der Waals surface area contributed by atoms with Crippen molar-refractivity contribution in [1.29, 1.82) is 0 Å². The third-order valence-electron chi connectivity index (χ3n) is 5.03. The van der Waals surface area contributed by atoms with Gasteiger partial charge in [-0.2, -0.15) is 0 Å². The van der Waals surface area contributed by atoms with Crippen LogP contribution in [0.15, 0.2) is 30.3 Å². The number of aliphatic hydroxyl groups is 1. The zero-order valence-electron chi connectivity index (χ0n) is 14.4.